The molecule has 0 radical (unpaired) electrons. The van der Waals surface area contributed by atoms with Crippen LogP contribution in [0.4, 0.5) is 0 Å². The van der Waals surface area contributed by atoms with Gasteiger partial charge in [0.2, 0.25) is 5.91 Å². The molecule has 2 rings (SSSR count). The van der Waals surface area contributed by atoms with Gasteiger partial charge in [0.1, 0.15) is 0 Å². The van der Waals surface area contributed by atoms with Crippen molar-refractivity contribution in [1.29, 1.82) is 0 Å². The van der Waals surface area contributed by atoms with Crippen LogP contribution in [-0.4, -0.2) is 24.5 Å². The Morgan fingerprint density at radius 1 is 1.29 bits per heavy atom. The molecule has 1 aliphatic carbocycles. The van der Waals surface area contributed by atoms with Crippen LogP contribution < -0.4 is 16.4 Å². The number of hydrogen-bond acceptors (Lipinski definition) is 3. The molecule has 116 valence electrons. The Hall–Kier alpha value is -1.39. The Bertz CT molecular complexity index is 441. The minimum Gasteiger partial charge on any atom is -0.354 e. The fourth-order valence-electron chi connectivity index (χ4n) is 3.20. The van der Waals surface area contributed by atoms with Crippen LogP contribution in [0.2, 0.25) is 0 Å². The lowest BCUT2D eigenvalue weighted by molar-refractivity contribution is -0.121. The first-order valence-electron chi connectivity index (χ1n) is 7.95. The number of nitrogens with one attached hydrogen (secondary N) is 2. The maximum absolute atomic E-state index is 11.7. The zero-order chi connectivity index (χ0) is 15.1. The molecular formula is C17H27N3O. The van der Waals surface area contributed by atoms with Crippen LogP contribution in [0.25, 0.3) is 0 Å². The summed E-state index contributed by atoms with van der Waals surface area (Å²) in [4.78, 5) is 11.7. The Labute approximate surface area is 127 Å². The van der Waals surface area contributed by atoms with Crippen molar-refractivity contribution in [1.82, 2.24) is 10.6 Å². The van der Waals surface area contributed by atoms with Gasteiger partial charge in [-0.3, -0.25) is 4.79 Å². The Balaban J connectivity index is 1.96. The van der Waals surface area contributed by atoms with Gasteiger partial charge < -0.3 is 16.4 Å². The van der Waals surface area contributed by atoms with Crippen LogP contribution in [0.3, 0.4) is 0 Å². The first-order valence-corrected chi connectivity index (χ1v) is 7.95. The van der Waals surface area contributed by atoms with Gasteiger partial charge in [-0.25, -0.2) is 0 Å². The molecule has 21 heavy (non-hydrogen) atoms. The van der Waals surface area contributed by atoms with E-state index in [0.29, 0.717) is 19.5 Å². The van der Waals surface area contributed by atoms with Crippen molar-refractivity contribution in [3.05, 3.63) is 35.9 Å². The summed E-state index contributed by atoms with van der Waals surface area (Å²) in [6, 6.07) is 10.8. The lowest BCUT2D eigenvalue weighted by atomic mass is 9.94. The molecule has 1 fully saturated rings. The topological polar surface area (TPSA) is 67.1 Å². The van der Waals surface area contributed by atoms with Gasteiger partial charge in [0, 0.05) is 31.1 Å². The van der Waals surface area contributed by atoms with E-state index in [1.54, 1.807) is 0 Å². The molecular weight excluding hydrogens is 262 g/mol. The first kappa shape index (κ1) is 16.0. The Morgan fingerprint density at radius 3 is 2.57 bits per heavy atom. The quantitative estimate of drug-likeness (QED) is 0.720. The van der Waals surface area contributed by atoms with Crippen LogP contribution in [-0.2, 0) is 4.79 Å². The zero-order valence-electron chi connectivity index (χ0n) is 12.9. The van der Waals surface area contributed by atoms with Crippen molar-refractivity contribution in [3.63, 3.8) is 0 Å². The van der Waals surface area contributed by atoms with Crippen LogP contribution in [0, 0.1) is 0 Å². The highest BCUT2D eigenvalue weighted by molar-refractivity contribution is 5.76. The molecule has 1 aliphatic rings. The van der Waals surface area contributed by atoms with Gasteiger partial charge in [0.05, 0.1) is 0 Å². The van der Waals surface area contributed by atoms with Crippen LogP contribution >= 0.6 is 0 Å². The summed E-state index contributed by atoms with van der Waals surface area (Å²) < 4.78 is 0. The summed E-state index contributed by atoms with van der Waals surface area (Å²) in [5.41, 5.74) is 6.74. The zero-order valence-corrected chi connectivity index (χ0v) is 12.9. The fourth-order valence-corrected chi connectivity index (χ4v) is 3.20. The molecule has 1 unspecified atom stereocenters. The summed E-state index contributed by atoms with van der Waals surface area (Å²) in [7, 11) is 0. The highest BCUT2D eigenvalue weighted by Gasteiger charge is 2.35. The number of nitrogens with two attached hydrogens (primary N) is 1. The van der Waals surface area contributed by atoms with Crippen molar-refractivity contribution >= 4 is 5.91 Å². The maximum Gasteiger partial charge on any atom is 0.221 e. The molecule has 4 heteroatoms. The standard InChI is InChI=1S/C17H27N3O/c1-14(15-7-3-2-4-8-15)20-17(10-5-6-11-17)13-19-16(21)9-12-18/h2-4,7-8,14,20H,5-6,9-13,18H2,1H3,(H,19,21). The molecule has 0 spiro atoms. The molecule has 1 aromatic rings. The van der Waals surface area contributed by atoms with E-state index in [0.717, 1.165) is 12.8 Å². The molecule has 1 atom stereocenters. The number of benzene rings is 1. The number of carbonyl (C=O) groups is 1. The van der Waals surface area contributed by atoms with E-state index in [1.807, 2.05) is 6.07 Å². The average molecular weight is 289 g/mol. The highest BCUT2D eigenvalue weighted by atomic mass is 16.1. The Morgan fingerprint density at radius 2 is 1.95 bits per heavy atom. The Kier molecular flexibility index (Phi) is 5.76. The van der Waals surface area contributed by atoms with Gasteiger partial charge in [0.25, 0.3) is 0 Å². The lowest BCUT2D eigenvalue weighted by Gasteiger charge is -2.34. The molecule has 4 N–H and O–H groups in total. The van der Waals surface area contributed by atoms with Gasteiger partial charge in [-0.05, 0) is 25.3 Å². The predicted molar refractivity (Wildman–Crippen MR) is 85.9 cm³/mol. The van der Waals surface area contributed by atoms with Crippen LogP contribution in [0.1, 0.15) is 50.6 Å². The van der Waals surface area contributed by atoms with Gasteiger partial charge >= 0.3 is 0 Å². The number of carbonyl (C=O) groups excluding carboxylic acids is 1. The second-order valence-electron chi connectivity index (χ2n) is 6.08. The SMILES string of the molecule is CC(NC1(CNC(=O)CCN)CCCC1)c1ccccc1. The highest BCUT2D eigenvalue weighted by Crippen LogP contribution is 2.31. The number of rotatable bonds is 7. The van der Waals surface area contributed by atoms with Crippen molar-refractivity contribution in [2.24, 2.45) is 5.73 Å². The number of hydrogen-bond donors (Lipinski definition) is 3. The molecule has 0 aromatic heterocycles. The molecule has 1 saturated carbocycles. The molecule has 1 amide bonds. The van der Waals surface area contributed by atoms with E-state index in [9.17, 15) is 4.79 Å². The monoisotopic (exact) mass is 289 g/mol. The summed E-state index contributed by atoms with van der Waals surface area (Å²) in [6.07, 6.45) is 5.09. The molecule has 0 bridgehead atoms. The third-order valence-electron chi connectivity index (χ3n) is 4.38. The van der Waals surface area contributed by atoms with Crippen molar-refractivity contribution in [3.8, 4) is 0 Å². The third-order valence-corrected chi connectivity index (χ3v) is 4.38. The third kappa shape index (κ3) is 4.55. The van der Waals surface area contributed by atoms with E-state index in [1.165, 1.54) is 18.4 Å². The minimum absolute atomic E-state index is 0.0273. The number of amides is 1. The van der Waals surface area contributed by atoms with Crippen molar-refractivity contribution < 1.29 is 4.79 Å². The van der Waals surface area contributed by atoms with Crippen molar-refractivity contribution in [2.75, 3.05) is 13.1 Å². The van der Waals surface area contributed by atoms with E-state index in [-0.39, 0.29) is 17.5 Å². The smallest absolute Gasteiger partial charge is 0.221 e. The molecule has 0 heterocycles. The summed E-state index contributed by atoms with van der Waals surface area (Å²) in [5, 5.41) is 6.80. The van der Waals surface area contributed by atoms with Gasteiger partial charge in [0.15, 0.2) is 0 Å². The largest absolute Gasteiger partial charge is 0.354 e. The summed E-state index contributed by atoms with van der Waals surface area (Å²) in [5.74, 6) is 0.0536. The fraction of sp³-hybridized carbons (Fsp3) is 0.588. The van der Waals surface area contributed by atoms with E-state index in [2.05, 4.69) is 41.8 Å². The van der Waals surface area contributed by atoms with E-state index in [4.69, 9.17) is 5.73 Å². The molecule has 0 saturated heterocycles. The van der Waals surface area contributed by atoms with Gasteiger partial charge in [-0.1, -0.05) is 43.2 Å². The van der Waals surface area contributed by atoms with Crippen molar-refractivity contribution in [2.45, 2.75) is 50.6 Å². The first-order chi connectivity index (χ1) is 10.2. The second kappa shape index (κ2) is 7.57. The van der Waals surface area contributed by atoms with Crippen LogP contribution in [0.5, 0.6) is 0 Å². The van der Waals surface area contributed by atoms with Crippen LogP contribution in [0.15, 0.2) is 30.3 Å². The minimum atomic E-state index is 0.0273. The molecule has 1 aromatic carbocycles. The molecule has 4 nitrogen and oxygen atoms in total. The molecule has 0 aliphatic heterocycles. The van der Waals surface area contributed by atoms with E-state index < -0.39 is 0 Å². The normalized spacial score (nSPS) is 18.4. The van der Waals surface area contributed by atoms with Gasteiger partial charge in [-0.15, -0.1) is 0 Å². The van der Waals surface area contributed by atoms with Gasteiger partial charge in [-0.2, -0.15) is 0 Å². The lowest BCUT2D eigenvalue weighted by Crippen LogP contribution is -2.52. The average Bonchev–Trinajstić information content (AvgIpc) is 2.95. The summed E-state index contributed by atoms with van der Waals surface area (Å²) >= 11 is 0. The maximum atomic E-state index is 11.7. The predicted octanol–water partition coefficient (Wildman–Crippen LogP) is 2.12. The second-order valence-corrected chi connectivity index (χ2v) is 6.08. The summed E-state index contributed by atoms with van der Waals surface area (Å²) in [6.45, 7) is 3.30. The van der Waals surface area contributed by atoms with E-state index >= 15 is 0 Å².